The third kappa shape index (κ3) is 1.86. The number of carbonyl (C=O) groups is 1. The molecule has 106 valence electrons. The first-order chi connectivity index (χ1) is 10.7. The van der Waals surface area contributed by atoms with Crippen LogP contribution >= 0.6 is 11.3 Å². The third-order valence-electron chi connectivity index (χ3n) is 3.40. The van der Waals surface area contributed by atoms with Gasteiger partial charge in [-0.05, 0) is 23.6 Å². The van der Waals surface area contributed by atoms with E-state index in [0.717, 1.165) is 11.2 Å². The molecule has 0 fully saturated rings. The van der Waals surface area contributed by atoms with Crippen LogP contribution in [0.15, 0.2) is 29.6 Å². The monoisotopic (exact) mass is 307 g/mol. The van der Waals surface area contributed by atoms with Crippen molar-refractivity contribution < 1.29 is 9.63 Å². The molecule has 22 heavy (non-hydrogen) atoms. The van der Waals surface area contributed by atoms with E-state index in [-0.39, 0.29) is 11.1 Å². The Labute approximate surface area is 130 Å². The van der Waals surface area contributed by atoms with Gasteiger partial charge in [-0.25, -0.2) is 0 Å². The van der Waals surface area contributed by atoms with Gasteiger partial charge in [0.1, 0.15) is 24.9 Å². The van der Waals surface area contributed by atoms with Gasteiger partial charge in [0.15, 0.2) is 6.29 Å². The zero-order chi connectivity index (χ0) is 15.7. The summed E-state index contributed by atoms with van der Waals surface area (Å²) in [6.07, 6.45) is 0.750. The topological polar surface area (TPSA) is 78.8 Å². The summed E-state index contributed by atoms with van der Waals surface area (Å²) in [5, 5.41) is 20.8. The summed E-state index contributed by atoms with van der Waals surface area (Å²) in [5.74, 6) is 0. The molecule has 0 atom stereocenters. The second kappa shape index (κ2) is 5.36. The van der Waals surface area contributed by atoms with Crippen LogP contribution in [0.1, 0.15) is 21.5 Å². The van der Waals surface area contributed by atoms with E-state index in [1.54, 1.807) is 12.1 Å². The van der Waals surface area contributed by atoms with E-state index in [9.17, 15) is 10.1 Å². The fourth-order valence-corrected chi connectivity index (χ4v) is 3.23. The Bertz CT molecular complexity index is 956. The molecule has 2 aromatic heterocycles. The van der Waals surface area contributed by atoms with Crippen LogP contribution in [-0.2, 0) is 0 Å². The summed E-state index contributed by atoms with van der Waals surface area (Å²) in [6.45, 7) is 0. The predicted molar refractivity (Wildman–Crippen MR) is 82.6 cm³/mol. The van der Waals surface area contributed by atoms with Crippen LogP contribution < -0.4 is 4.84 Å². The molecule has 0 radical (unpaired) electrons. The van der Waals surface area contributed by atoms with Crippen molar-refractivity contribution in [2.75, 3.05) is 7.11 Å². The zero-order valence-corrected chi connectivity index (χ0v) is 12.3. The molecule has 1 aromatic carbocycles. The van der Waals surface area contributed by atoms with Gasteiger partial charge < -0.3 is 4.84 Å². The number of carbonyl (C=O) groups excluding carboxylic acids is 1. The number of nitrogens with zero attached hydrogens (tertiary/aromatic N) is 3. The third-order valence-corrected chi connectivity index (χ3v) is 4.28. The van der Waals surface area contributed by atoms with Crippen LogP contribution in [0, 0.1) is 22.7 Å². The van der Waals surface area contributed by atoms with Gasteiger partial charge in [-0.15, -0.1) is 11.3 Å². The van der Waals surface area contributed by atoms with Gasteiger partial charge in [0, 0.05) is 5.39 Å². The van der Waals surface area contributed by atoms with Crippen molar-refractivity contribution in [2.45, 2.75) is 0 Å². The lowest BCUT2D eigenvalue weighted by Crippen LogP contribution is -2.07. The number of hydrogen-bond donors (Lipinski definition) is 0. The smallest absolute Gasteiger partial charge is 0.153 e. The van der Waals surface area contributed by atoms with E-state index in [1.807, 2.05) is 29.7 Å². The number of nitriles is 2. The molecule has 0 spiro atoms. The molecule has 3 aromatic rings. The fourth-order valence-electron chi connectivity index (χ4n) is 2.47. The Hall–Kier alpha value is -3.09. The quantitative estimate of drug-likeness (QED) is 0.697. The highest BCUT2D eigenvalue weighted by atomic mass is 32.1. The van der Waals surface area contributed by atoms with E-state index < -0.39 is 0 Å². The molecular weight excluding hydrogens is 298 g/mol. The van der Waals surface area contributed by atoms with Gasteiger partial charge in [-0.1, -0.05) is 6.07 Å². The lowest BCUT2D eigenvalue weighted by molar-refractivity contribution is 0.112. The molecule has 0 saturated heterocycles. The maximum absolute atomic E-state index is 11.6. The zero-order valence-electron chi connectivity index (χ0n) is 11.5. The Kier molecular flexibility index (Phi) is 3.38. The van der Waals surface area contributed by atoms with Gasteiger partial charge in [-0.2, -0.15) is 15.3 Å². The van der Waals surface area contributed by atoms with Crippen LogP contribution in [0.2, 0.25) is 0 Å². The molecule has 0 aliphatic heterocycles. The molecular formula is C16H9N3O2S. The number of benzene rings is 1. The van der Waals surface area contributed by atoms with Crippen molar-refractivity contribution in [3.8, 4) is 22.7 Å². The Morgan fingerprint density at radius 1 is 1.27 bits per heavy atom. The minimum atomic E-state index is 0.240. The van der Waals surface area contributed by atoms with E-state index in [1.165, 1.54) is 23.2 Å². The summed E-state index contributed by atoms with van der Waals surface area (Å²) >= 11 is 1.48. The van der Waals surface area contributed by atoms with Gasteiger partial charge in [0.25, 0.3) is 0 Å². The van der Waals surface area contributed by atoms with Crippen molar-refractivity contribution in [1.29, 1.82) is 10.5 Å². The molecule has 3 rings (SSSR count). The van der Waals surface area contributed by atoms with E-state index in [4.69, 9.17) is 10.1 Å². The fraction of sp³-hybridized carbons (Fsp3) is 0.0625. The van der Waals surface area contributed by atoms with Crippen LogP contribution in [0.5, 0.6) is 0 Å². The predicted octanol–water partition coefficient (Wildman–Crippen LogP) is 2.98. The van der Waals surface area contributed by atoms with Crippen LogP contribution in [0.25, 0.3) is 21.5 Å². The summed E-state index contributed by atoms with van der Waals surface area (Å²) in [4.78, 5) is 17.9. The molecule has 0 N–H and O–H groups in total. The standard InChI is InChI=1S/C16H9N3O2S/c1-21-19-14-6-11(8-18)10(7-17)5-12(14)13(9-20)16(19)15-3-2-4-22-15/h2-6,9H,1H3. The van der Waals surface area contributed by atoms with Crippen molar-refractivity contribution in [2.24, 2.45) is 0 Å². The summed E-state index contributed by atoms with van der Waals surface area (Å²) in [5.41, 5.74) is 2.15. The highest BCUT2D eigenvalue weighted by Gasteiger charge is 2.21. The summed E-state index contributed by atoms with van der Waals surface area (Å²) in [6, 6.07) is 10.9. The van der Waals surface area contributed by atoms with Crippen molar-refractivity contribution in [3.63, 3.8) is 0 Å². The Morgan fingerprint density at radius 3 is 2.55 bits per heavy atom. The lowest BCUT2D eigenvalue weighted by atomic mass is 10.0. The maximum atomic E-state index is 11.6. The highest BCUT2D eigenvalue weighted by Crippen LogP contribution is 2.35. The number of fused-ring (bicyclic) bond motifs is 1. The molecule has 5 nitrogen and oxygen atoms in total. The van der Waals surface area contributed by atoms with Gasteiger partial charge in [0.2, 0.25) is 0 Å². The average Bonchev–Trinajstić information content (AvgIpc) is 3.17. The molecule has 0 bridgehead atoms. The lowest BCUT2D eigenvalue weighted by Gasteiger charge is -2.07. The summed E-state index contributed by atoms with van der Waals surface area (Å²) in [7, 11) is 1.50. The minimum Gasteiger partial charge on any atom is -0.416 e. The van der Waals surface area contributed by atoms with Crippen molar-refractivity contribution >= 4 is 28.5 Å². The first kappa shape index (κ1) is 13.9. The number of thiophene rings is 1. The minimum absolute atomic E-state index is 0.240. The number of aromatic nitrogens is 1. The molecule has 0 amide bonds. The Morgan fingerprint density at radius 2 is 2.00 bits per heavy atom. The normalized spacial score (nSPS) is 10.1. The van der Waals surface area contributed by atoms with E-state index >= 15 is 0 Å². The summed E-state index contributed by atoms with van der Waals surface area (Å²) < 4.78 is 1.52. The molecule has 2 heterocycles. The maximum Gasteiger partial charge on any atom is 0.153 e. The van der Waals surface area contributed by atoms with Crippen LogP contribution in [-0.4, -0.2) is 18.1 Å². The van der Waals surface area contributed by atoms with Gasteiger partial charge >= 0.3 is 0 Å². The number of rotatable bonds is 3. The van der Waals surface area contributed by atoms with Crippen molar-refractivity contribution in [1.82, 2.24) is 4.73 Å². The second-order valence-corrected chi connectivity index (χ2v) is 5.42. The molecule has 0 aliphatic rings. The first-order valence-electron chi connectivity index (χ1n) is 6.31. The first-order valence-corrected chi connectivity index (χ1v) is 7.19. The van der Waals surface area contributed by atoms with Gasteiger partial charge in [0.05, 0.1) is 27.1 Å². The molecule has 6 heteroatoms. The van der Waals surface area contributed by atoms with Crippen LogP contribution in [0.4, 0.5) is 0 Å². The average molecular weight is 307 g/mol. The largest absolute Gasteiger partial charge is 0.416 e. The Balaban J connectivity index is 2.50. The second-order valence-electron chi connectivity index (χ2n) is 4.47. The SMILES string of the molecule is COn1c(-c2cccs2)c(C=O)c2cc(C#N)c(C#N)cc21. The molecule has 0 aliphatic carbocycles. The van der Waals surface area contributed by atoms with E-state index in [2.05, 4.69) is 0 Å². The highest BCUT2D eigenvalue weighted by molar-refractivity contribution is 7.13. The van der Waals surface area contributed by atoms with Crippen molar-refractivity contribution in [3.05, 3.63) is 46.3 Å². The number of hydrogen-bond acceptors (Lipinski definition) is 5. The van der Waals surface area contributed by atoms with Crippen LogP contribution in [0.3, 0.4) is 0 Å². The van der Waals surface area contributed by atoms with E-state index in [0.29, 0.717) is 22.2 Å². The molecule has 0 unspecified atom stereocenters. The number of aldehydes is 1. The van der Waals surface area contributed by atoms with Gasteiger partial charge in [-0.3, -0.25) is 4.79 Å². The molecule has 0 saturated carbocycles.